The van der Waals surface area contributed by atoms with Gasteiger partial charge in [-0.15, -0.1) is 0 Å². The monoisotopic (exact) mass is 415 g/mol. The van der Waals surface area contributed by atoms with Crippen LogP contribution in [0.2, 0.25) is 0 Å². The molecule has 2 aromatic heterocycles. The number of ketones is 1. The molecule has 0 unspecified atom stereocenters. The average molecular weight is 416 g/mol. The number of amides is 1. The Bertz CT molecular complexity index is 941. The minimum Gasteiger partial charge on any atom is -0.360 e. The molecule has 0 spiro atoms. The van der Waals surface area contributed by atoms with Gasteiger partial charge in [0.2, 0.25) is 0 Å². The number of nitrogens with zero attached hydrogens (tertiary/aromatic N) is 1. The van der Waals surface area contributed by atoms with E-state index in [-0.39, 0.29) is 11.7 Å². The van der Waals surface area contributed by atoms with Crippen molar-refractivity contribution in [3.05, 3.63) is 63.6 Å². The molecule has 0 aliphatic carbocycles. The number of aromatic amines is 1. The molecule has 0 saturated carbocycles. The maximum absolute atomic E-state index is 13.0. The van der Waals surface area contributed by atoms with E-state index in [4.69, 9.17) is 4.52 Å². The Morgan fingerprint density at radius 1 is 1.27 bits per heavy atom. The van der Waals surface area contributed by atoms with Gasteiger partial charge in [0.15, 0.2) is 5.78 Å². The van der Waals surface area contributed by atoms with Crippen molar-refractivity contribution in [2.75, 3.05) is 6.54 Å². The number of rotatable bonds is 6. The van der Waals surface area contributed by atoms with Crippen molar-refractivity contribution < 1.29 is 14.1 Å². The van der Waals surface area contributed by atoms with Gasteiger partial charge in [-0.25, -0.2) is 0 Å². The summed E-state index contributed by atoms with van der Waals surface area (Å²) in [4.78, 5) is 27.9. The number of carbonyl (C=O) groups is 2. The molecular weight excluding hydrogens is 398 g/mol. The Hall–Kier alpha value is -2.67. The molecule has 0 bridgehead atoms. The highest BCUT2D eigenvalue weighted by Crippen LogP contribution is 2.28. The molecular formula is C19H18BrN3O3. The number of nitrogens with one attached hydrogen (secondary N) is 2. The van der Waals surface area contributed by atoms with E-state index >= 15 is 0 Å². The van der Waals surface area contributed by atoms with Gasteiger partial charge in [0.1, 0.15) is 17.1 Å². The first-order valence-electron chi connectivity index (χ1n) is 8.24. The number of carbonyl (C=O) groups excluding carboxylic acids is 2. The fraction of sp³-hybridized carbons (Fsp3) is 0.211. The molecule has 134 valence electrons. The summed E-state index contributed by atoms with van der Waals surface area (Å²) in [5, 5.41) is 6.82. The number of aryl methyl sites for hydroxylation is 1. The highest BCUT2D eigenvalue weighted by atomic mass is 79.9. The molecule has 0 aliphatic heterocycles. The summed E-state index contributed by atoms with van der Waals surface area (Å²) in [6, 6.07) is 9.02. The van der Waals surface area contributed by atoms with Crippen LogP contribution in [-0.4, -0.2) is 28.4 Å². The molecule has 1 amide bonds. The van der Waals surface area contributed by atoms with Crippen molar-refractivity contribution in [2.24, 2.45) is 0 Å². The van der Waals surface area contributed by atoms with Crippen LogP contribution in [0.25, 0.3) is 11.3 Å². The predicted molar refractivity (Wildman–Crippen MR) is 101 cm³/mol. The summed E-state index contributed by atoms with van der Waals surface area (Å²) in [5.74, 6) is -0.0420. The van der Waals surface area contributed by atoms with Gasteiger partial charge in [-0.2, -0.15) is 0 Å². The zero-order valence-corrected chi connectivity index (χ0v) is 16.0. The van der Waals surface area contributed by atoms with Crippen LogP contribution in [0.1, 0.15) is 45.5 Å². The van der Waals surface area contributed by atoms with Crippen LogP contribution in [0, 0.1) is 6.92 Å². The number of hydrogen-bond acceptors (Lipinski definition) is 4. The molecule has 7 heteroatoms. The van der Waals surface area contributed by atoms with E-state index in [1.807, 2.05) is 31.2 Å². The Balaban J connectivity index is 1.91. The maximum atomic E-state index is 13.0. The molecule has 0 radical (unpaired) electrons. The molecule has 0 aliphatic rings. The SMILES string of the molecule is CCCNC(=O)c1cc(C(=O)c2c(-c3ccc(Br)cc3)noc2C)c[nH]1. The normalized spacial score (nSPS) is 10.7. The van der Waals surface area contributed by atoms with Crippen molar-refractivity contribution >= 4 is 27.6 Å². The first kappa shape index (κ1) is 18.1. The van der Waals surface area contributed by atoms with Gasteiger partial charge < -0.3 is 14.8 Å². The number of aromatic nitrogens is 2. The van der Waals surface area contributed by atoms with Gasteiger partial charge in [0.05, 0.1) is 5.56 Å². The summed E-state index contributed by atoms with van der Waals surface area (Å²) in [5.41, 5.74) is 2.40. The zero-order chi connectivity index (χ0) is 18.7. The van der Waals surface area contributed by atoms with E-state index in [1.165, 1.54) is 6.20 Å². The highest BCUT2D eigenvalue weighted by molar-refractivity contribution is 9.10. The Morgan fingerprint density at radius 2 is 2.00 bits per heavy atom. The Labute approximate surface area is 159 Å². The largest absolute Gasteiger partial charge is 0.360 e. The third-order valence-corrected chi connectivity index (χ3v) is 4.46. The molecule has 0 atom stereocenters. The summed E-state index contributed by atoms with van der Waals surface area (Å²) in [7, 11) is 0. The second-order valence-corrected chi connectivity index (χ2v) is 6.77. The third-order valence-electron chi connectivity index (χ3n) is 3.93. The second kappa shape index (κ2) is 7.70. The lowest BCUT2D eigenvalue weighted by Crippen LogP contribution is -2.24. The highest BCUT2D eigenvalue weighted by Gasteiger charge is 2.24. The van der Waals surface area contributed by atoms with Gasteiger partial charge in [0, 0.05) is 28.3 Å². The number of hydrogen-bond donors (Lipinski definition) is 2. The minimum atomic E-state index is -0.243. The van der Waals surface area contributed by atoms with Gasteiger partial charge in [-0.1, -0.05) is 40.1 Å². The van der Waals surface area contributed by atoms with Crippen LogP contribution in [0.5, 0.6) is 0 Å². The summed E-state index contributed by atoms with van der Waals surface area (Å²) >= 11 is 3.39. The minimum absolute atomic E-state index is 0.235. The van der Waals surface area contributed by atoms with Gasteiger partial charge >= 0.3 is 0 Å². The molecule has 0 fully saturated rings. The smallest absolute Gasteiger partial charge is 0.267 e. The third kappa shape index (κ3) is 3.62. The van der Waals surface area contributed by atoms with Gasteiger partial charge in [-0.05, 0) is 31.5 Å². The summed E-state index contributed by atoms with van der Waals surface area (Å²) < 4.78 is 6.19. The Morgan fingerprint density at radius 3 is 2.69 bits per heavy atom. The second-order valence-electron chi connectivity index (χ2n) is 5.86. The average Bonchev–Trinajstić information content (AvgIpc) is 3.27. The maximum Gasteiger partial charge on any atom is 0.267 e. The van der Waals surface area contributed by atoms with E-state index in [0.717, 1.165) is 16.5 Å². The first-order chi connectivity index (χ1) is 12.5. The number of benzene rings is 1. The van der Waals surface area contributed by atoms with Crippen molar-refractivity contribution in [1.29, 1.82) is 0 Å². The fourth-order valence-electron chi connectivity index (χ4n) is 2.58. The fourth-order valence-corrected chi connectivity index (χ4v) is 2.84. The lowest BCUT2D eigenvalue weighted by atomic mass is 9.99. The van der Waals surface area contributed by atoms with E-state index in [0.29, 0.717) is 34.8 Å². The topological polar surface area (TPSA) is 88.0 Å². The van der Waals surface area contributed by atoms with Crippen LogP contribution < -0.4 is 5.32 Å². The molecule has 2 N–H and O–H groups in total. The molecule has 1 aromatic carbocycles. The van der Waals surface area contributed by atoms with E-state index in [2.05, 4.69) is 31.4 Å². The molecule has 3 aromatic rings. The van der Waals surface area contributed by atoms with Crippen molar-refractivity contribution in [3.8, 4) is 11.3 Å². The summed E-state index contributed by atoms with van der Waals surface area (Å²) in [6.45, 7) is 4.26. The van der Waals surface area contributed by atoms with Gasteiger partial charge in [0.25, 0.3) is 5.91 Å². The zero-order valence-electron chi connectivity index (χ0n) is 14.4. The predicted octanol–water partition coefficient (Wildman–Crippen LogP) is 4.11. The molecule has 3 rings (SSSR count). The molecule has 2 heterocycles. The molecule has 6 nitrogen and oxygen atoms in total. The number of H-pyrrole nitrogens is 1. The lowest BCUT2D eigenvalue weighted by molar-refractivity contribution is 0.0949. The van der Waals surface area contributed by atoms with Crippen LogP contribution in [0.15, 0.2) is 45.5 Å². The van der Waals surface area contributed by atoms with Crippen molar-refractivity contribution in [2.45, 2.75) is 20.3 Å². The van der Waals surface area contributed by atoms with Crippen LogP contribution in [0.3, 0.4) is 0 Å². The number of halogens is 1. The first-order valence-corrected chi connectivity index (χ1v) is 9.04. The summed E-state index contributed by atoms with van der Waals surface area (Å²) in [6.07, 6.45) is 2.37. The van der Waals surface area contributed by atoms with E-state index < -0.39 is 0 Å². The van der Waals surface area contributed by atoms with Crippen molar-refractivity contribution in [3.63, 3.8) is 0 Å². The van der Waals surface area contributed by atoms with Crippen LogP contribution in [-0.2, 0) is 0 Å². The Kier molecular flexibility index (Phi) is 5.37. The van der Waals surface area contributed by atoms with Crippen molar-refractivity contribution in [1.82, 2.24) is 15.5 Å². The molecule has 0 saturated heterocycles. The lowest BCUT2D eigenvalue weighted by Gasteiger charge is -2.01. The standard InChI is InChI=1S/C19H18BrN3O3/c1-3-8-21-19(25)15-9-13(10-22-15)18(24)16-11(2)26-23-17(16)12-4-6-14(20)7-5-12/h4-7,9-10,22H,3,8H2,1-2H3,(H,21,25). The molecule has 26 heavy (non-hydrogen) atoms. The van der Waals surface area contributed by atoms with E-state index in [9.17, 15) is 9.59 Å². The van der Waals surface area contributed by atoms with E-state index in [1.54, 1.807) is 13.0 Å². The van der Waals surface area contributed by atoms with Crippen LogP contribution >= 0.6 is 15.9 Å². The van der Waals surface area contributed by atoms with Gasteiger partial charge in [-0.3, -0.25) is 9.59 Å². The quantitative estimate of drug-likeness (QED) is 0.592. The van der Waals surface area contributed by atoms with Crippen LogP contribution in [0.4, 0.5) is 0 Å².